The zero-order chi connectivity index (χ0) is 13.9. The number of nitrogens with one attached hydrogen (secondary N) is 1. The molecule has 1 saturated carbocycles. The van der Waals surface area contributed by atoms with Gasteiger partial charge < -0.3 is 9.73 Å². The molecule has 0 spiro atoms. The first-order chi connectivity index (χ1) is 9.70. The summed E-state index contributed by atoms with van der Waals surface area (Å²) in [6, 6.07) is 2.19. The molecule has 4 nitrogen and oxygen atoms in total. The van der Waals surface area contributed by atoms with Crippen molar-refractivity contribution in [1.29, 1.82) is 0 Å². The predicted molar refractivity (Wildman–Crippen MR) is 84.4 cm³/mol. The number of hydrogen-bond donors (Lipinski definition) is 1. The predicted octanol–water partition coefficient (Wildman–Crippen LogP) is 3.93. The summed E-state index contributed by atoms with van der Waals surface area (Å²) < 4.78 is 6.17. The molecule has 2 fully saturated rings. The zero-order valence-electron chi connectivity index (χ0n) is 10.9. The Morgan fingerprint density at radius 3 is 2.90 bits per heavy atom. The van der Waals surface area contributed by atoms with Gasteiger partial charge in [-0.05, 0) is 46.6 Å². The summed E-state index contributed by atoms with van der Waals surface area (Å²) in [5, 5.41) is 3.55. The Kier molecular flexibility index (Phi) is 4.31. The number of carbonyl (C=O) groups excluding carboxylic acids is 1. The average molecular weight is 355 g/mol. The average Bonchev–Trinajstić information content (AvgIpc) is 2.98. The van der Waals surface area contributed by atoms with Gasteiger partial charge in [0.1, 0.15) is 12.0 Å². The van der Waals surface area contributed by atoms with E-state index >= 15 is 0 Å². The van der Waals surface area contributed by atoms with E-state index in [1.165, 1.54) is 31.0 Å². The maximum atomic E-state index is 11.9. The number of rotatable bonds is 2. The molecule has 0 atom stereocenters. The molecule has 0 aromatic carbocycles. The van der Waals surface area contributed by atoms with Gasteiger partial charge in [-0.25, -0.2) is 0 Å². The van der Waals surface area contributed by atoms with E-state index in [1.54, 1.807) is 12.3 Å². The summed E-state index contributed by atoms with van der Waals surface area (Å²) in [5.74, 6) is 0.561. The first-order valence-corrected chi connectivity index (χ1v) is 8.34. The highest BCUT2D eigenvalue weighted by atomic mass is 79.9. The highest BCUT2D eigenvalue weighted by Crippen LogP contribution is 2.29. The van der Waals surface area contributed by atoms with E-state index in [0.29, 0.717) is 16.7 Å². The quantitative estimate of drug-likeness (QED) is 0.818. The minimum Gasteiger partial charge on any atom is -0.464 e. The minimum atomic E-state index is -0.0999. The Morgan fingerprint density at radius 1 is 1.40 bits per heavy atom. The van der Waals surface area contributed by atoms with Crippen molar-refractivity contribution in [3.05, 3.63) is 27.5 Å². The number of halogens is 1. The van der Waals surface area contributed by atoms with Gasteiger partial charge >= 0.3 is 0 Å². The van der Waals surface area contributed by atoms with Gasteiger partial charge in [-0.15, -0.1) is 0 Å². The Hall–Kier alpha value is -1.01. The first-order valence-electron chi connectivity index (χ1n) is 6.73. The molecule has 1 amide bonds. The molecule has 2 heterocycles. The van der Waals surface area contributed by atoms with Crippen LogP contribution in [0.4, 0.5) is 0 Å². The topological polar surface area (TPSA) is 54.6 Å². The SMILES string of the molecule is O=C1NC(=NC2CCCCC2)S/C1=C\c1cc(Br)co1. The van der Waals surface area contributed by atoms with Crippen LogP contribution in [0.25, 0.3) is 6.08 Å². The van der Waals surface area contributed by atoms with Gasteiger partial charge in [-0.2, -0.15) is 0 Å². The lowest BCUT2D eigenvalue weighted by atomic mass is 9.96. The number of furan rings is 1. The minimum absolute atomic E-state index is 0.0999. The highest BCUT2D eigenvalue weighted by Gasteiger charge is 2.25. The standard InChI is InChI=1S/C14H15BrN2O2S/c15-9-6-11(19-8-9)7-12-13(18)17-14(20-12)16-10-4-2-1-3-5-10/h6-8,10H,1-5H2,(H,16,17,18)/b12-7-. The zero-order valence-corrected chi connectivity index (χ0v) is 13.3. The van der Waals surface area contributed by atoms with Crippen molar-refractivity contribution in [3.63, 3.8) is 0 Å². The van der Waals surface area contributed by atoms with Crippen LogP contribution in [0, 0.1) is 0 Å². The highest BCUT2D eigenvalue weighted by molar-refractivity contribution is 9.10. The van der Waals surface area contributed by atoms with E-state index in [-0.39, 0.29) is 5.91 Å². The summed E-state index contributed by atoms with van der Waals surface area (Å²) in [6.45, 7) is 0. The number of hydrogen-bond acceptors (Lipinski definition) is 4. The van der Waals surface area contributed by atoms with Crippen molar-refractivity contribution < 1.29 is 9.21 Å². The summed E-state index contributed by atoms with van der Waals surface area (Å²) in [4.78, 5) is 17.2. The maximum absolute atomic E-state index is 11.9. The number of amides is 1. The van der Waals surface area contributed by atoms with Crippen molar-refractivity contribution >= 4 is 44.8 Å². The van der Waals surface area contributed by atoms with Crippen LogP contribution >= 0.6 is 27.7 Å². The Bertz CT molecular complexity index is 573. The summed E-state index contributed by atoms with van der Waals surface area (Å²) >= 11 is 4.71. The van der Waals surface area contributed by atoms with Gasteiger partial charge in [0, 0.05) is 6.08 Å². The summed E-state index contributed by atoms with van der Waals surface area (Å²) in [6.07, 6.45) is 9.38. The number of carbonyl (C=O) groups is 1. The molecule has 1 aliphatic carbocycles. The van der Waals surface area contributed by atoms with E-state index in [1.807, 2.05) is 6.07 Å². The van der Waals surface area contributed by atoms with Crippen LogP contribution in [0.15, 0.2) is 31.1 Å². The van der Waals surface area contributed by atoms with Gasteiger partial charge in [-0.1, -0.05) is 19.3 Å². The summed E-state index contributed by atoms with van der Waals surface area (Å²) in [5.41, 5.74) is 0. The van der Waals surface area contributed by atoms with Crippen LogP contribution in [-0.4, -0.2) is 17.1 Å². The molecular formula is C14H15BrN2O2S. The van der Waals surface area contributed by atoms with Crippen molar-refractivity contribution in [2.45, 2.75) is 38.1 Å². The van der Waals surface area contributed by atoms with Crippen molar-refractivity contribution in [3.8, 4) is 0 Å². The first kappa shape index (κ1) is 13.9. The van der Waals surface area contributed by atoms with Crippen LogP contribution < -0.4 is 5.32 Å². The van der Waals surface area contributed by atoms with Gasteiger partial charge in [0.15, 0.2) is 5.17 Å². The lowest BCUT2D eigenvalue weighted by Crippen LogP contribution is -2.22. The fourth-order valence-electron chi connectivity index (χ4n) is 2.40. The largest absolute Gasteiger partial charge is 0.464 e. The number of nitrogens with zero attached hydrogens (tertiary/aromatic N) is 1. The molecule has 6 heteroatoms. The second-order valence-corrected chi connectivity index (χ2v) is 6.90. The maximum Gasteiger partial charge on any atom is 0.264 e. The monoisotopic (exact) mass is 354 g/mol. The van der Waals surface area contributed by atoms with Gasteiger partial charge in [0.05, 0.1) is 15.4 Å². The third-order valence-electron chi connectivity index (χ3n) is 3.39. The molecule has 1 aromatic rings. The molecule has 1 N–H and O–H groups in total. The van der Waals surface area contributed by atoms with Crippen LogP contribution in [0.5, 0.6) is 0 Å². The Labute approximate surface area is 130 Å². The van der Waals surface area contributed by atoms with E-state index in [9.17, 15) is 4.79 Å². The van der Waals surface area contributed by atoms with Crippen LogP contribution in [-0.2, 0) is 4.79 Å². The number of aliphatic imine (C=N–C) groups is 1. The smallest absolute Gasteiger partial charge is 0.264 e. The molecule has 0 bridgehead atoms. The molecule has 0 unspecified atom stereocenters. The summed E-state index contributed by atoms with van der Waals surface area (Å²) in [7, 11) is 0. The van der Waals surface area contributed by atoms with Gasteiger partial charge in [0.2, 0.25) is 0 Å². The fraction of sp³-hybridized carbons (Fsp3) is 0.429. The Morgan fingerprint density at radius 2 is 2.20 bits per heavy atom. The molecular weight excluding hydrogens is 340 g/mol. The molecule has 1 aliphatic heterocycles. The lowest BCUT2D eigenvalue weighted by molar-refractivity contribution is -0.115. The van der Waals surface area contributed by atoms with Gasteiger partial charge in [0.25, 0.3) is 5.91 Å². The second-order valence-electron chi connectivity index (χ2n) is 4.96. The van der Waals surface area contributed by atoms with E-state index in [4.69, 9.17) is 4.42 Å². The number of thioether (sulfide) groups is 1. The second kappa shape index (κ2) is 6.18. The fourth-order valence-corrected chi connectivity index (χ4v) is 3.59. The van der Waals surface area contributed by atoms with E-state index in [2.05, 4.69) is 26.2 Å². The van der Waals surface area contributed by atoms with Crippen LogP contribution in [0.1, 0.15) is 37.9 Å². The van der Waals surface area contributed by atoms with E-state index < -0.39 is 0 Å². The molecule has 3 rings (SSSR count). The number of amidine groups is 1. The molecule has 2 aliphatic rings. The van der Waals surface area contributed by atoms with Crippen molar-refractivity contribution in [2.24, 2.45) is 4.99 Å². The Balaban J connectivity index is 1.71. The van der Waals surface area contributed by atoms with Crippen LogP contribution in [0.2, 0.25) is 0 Å². The van der Waals surface area contributed by atoms with Gasteiger partial charge in [-0.3, -0.25) is 9.79 Å². The third kappa shape index (κ3) is 3.35. The third-order valence-corrected chi connectivity index (χ3v) is 4.73. The molecule has 1 aromatic heterocycles. The molecule has 0 radical (unpaired) electrons. The van der Waals surface area contributed by atoms with Crippen molar-refractivity contribution in [2.75, 3.05) is 0 Å². The normalized spacial score (nSPS) is 24.6. The molecule has 20 heavy (non-hydrogen) atoms. The van der Waals surface area contributed by atoms with Crippen molar-refractivity contribution in [1.82, 2.24) is 5.32 Å². The van der Waals surface area contributed by atoms with E-state index in [0.717, 1.165) is 22.5 Å². The van der Waals surface area contributed by atoms with Crippen LogP contribution in [0.3, 0.4) is 0 Å². The molecule has 106 valence electrons. The lowest BCUT2D eigenvalue weighted by Gasteiger charge is -2.17. The molecule has 1 saturated heterocycles.